The highest BCUT2D eigenvalue weighted by molar-refractivity contribution is 6.05. The second-order valence-electron chi connectivity index (χ2n) is 6.32. The third-order valence-corrected chi connectivity index (χ3v) is 4.36. The number of hydrogen-bond acceptors (Lipinski definition) is 3. The predicted molar refractivity (Wildman–Crippen MR) is 92.0 cm³/mol. The molecule has 2 atom stereocenters. The lowest BCUT2D eigenvalue weighted by Crippen LogP contribution is -2.36. The van der Waals surface area contributed by atoms with Crippen LogP contribution in [0.4, 0.5) is 8.78 Å². The number of aryl methyl sites for hydroxylation is 1. The van der Waals surface area contributed by atoms with E-state index in [1.807, 2.05) is 0 Å². The van der Waals surface area contributed by atoms with Gasteiger partial charge in [-0.2, -0.15) is 0 Å². The van der Waals surface area contributed by atoms with Crippen LogP contribution >= 0.6 is 0 Å². The SMILES string of the molecule is CC(=O)c1c(C)[nH]c(C(=O)[C@@H](C)N[C@@H](C)c2ccc(F)cc2F)c1C. The number of ketones is 2. The number of aromatic amines is 1. The molecule has 2 rings (SSSR count). The Kier molecular flexibility index (Phi) is 5.52. The van der Waals surface area contributed by atoms with E-state index >= 15 is 0 Å². The third kappa shape index (κ3) is 3.85. The van der Waals surface area contributed by atoms with Crippen LogP contribution in [0.25, 0.3) is 0 Å². The zero-order valence-electron chi connectivity index (χ0n) is 15.0. The summed E-state index contributed by atoms with van der Waals surface area (Å²) in [5, 5.41) is 3.02. The van der Waals surface area contributed by atoms with E-state index in [1.165, 1.54) is 19.1 Å². The van der Waals surface area contributed by atoms with Gasteiger partial charge in [0.1, 0.15) is 11.6 Å². The summed E-state index contributed by atoms with van der Waals surface area (Å²) >= 11 is 0. The average molecular weight is 348 g/mol. The molecule has 0 amide bonds. The highest BCUT2D eigenvalue weighted by Gasteiger charge is 2.25. The van der Waals surface area contributed by atoms with Crippen molar-refractivity contribution < 1.29 is 18.4 Å². The Balaban J connectivity index is 2.20. The van der Waals surface area contributed by atoms with Crippen LogP contribution < -0.4 is 5.32 Å². The van der Waals surface area contributed by atoms with E-state index in [2.05, 4.69) is 10.3 Å². The standard InChI is InChI=1S/C19H22F2N2O2/c1-9-17(13(5)24)11(3)23-18(9)19(25)12(4)22-10(2)15-7-6-14(20)8-16(15)21/h6-8,10,12,22-23H,1-5H3/t10-,12+/m0/s1. The number of H-pyrrole nitrogens is 1. The number of Topliss-reactive ketones (excluding diaryl/α,β-unsaturated/α-hetero) is 2. The number of nitrogens with one attached hydrogen (secondary N) is 2. The number of halogens is 2. The molecule has 6 heteroatoms. The van der Waals surface area contributed by atoms with Crippen LogP contribution in [0, 0.1) is 25.5 Å². The molecule has 0 radical (unpaired) electrons. The van der Waals surface area contributed by atoms with E-state index in [0.717, 1.165) is 6.07 Å². The molecule has 0 aliphatic heterocycles. The lowest BCUT2D eigenvalue weighted by atomic mass is 10.0. The van der Waals surface area contributed by atoms with E-state index in [1.54, 1.807) is 27.7 Å². The van der Waals surface area contributed by atoms with Gasteiger partial charge in [0.15, 0.2) is 11.6 Å². The highest BCUT2D eigenvalue weighted by Crippen LogP contribution is 2.22. The lowest BCUT2D eigenvalue weighted by Gasteiger charge is -2.20. The Hall–Kier alpha value is -2.34. The molecule has 134 valence electrons. The van der Waals surface area contributed by atoms with E-state index in [-0.39, 0.29) is 17.1 Å². The van der Waals surface area contributed by atoms with Crippen molar-refractivity contribution in [3.05, 3.63) is 57.9 Å². The maximum atomic E-state index is 13.9. The van der Waals surface area contributed by atoms with Gasteiger partial charge in [0.2, 0.25) is 0 Å². The largest absolute Gasteiger partial charge is 0.355 e. The lowest BCUT2D eigenvalue weighted by molar-refractivity contribution is 0.0940. The minimum atomic E-state index is -0.662. The number of carbonyl (C=O) groups excluding carboxylic acids is 2. The number of carbonyl (C=O) groups is 2. The molecule has 0 aliphatic rings. The van der Waals surface area contributed by atoms with Crippen molar-refractivity contribution in [1.29, 1.82) is 0 Å². The second-order valence-corrected chi connectivity index (χ2v) is 6.32. The van der Waals surface area contributed by atoms with Crippen LogP contribution in [0.15, 0.2) is 18.2 Å². The van der Waals surface area contributed by atoms with Gasteiger partial charge in [0.05, 0.1) is 11.7 Å². The van der Waals surface area contributed by atoms with E-state index < -0.39 is 23.7 Å². The maximum absolute atomic E-state index is 13.9. The molecule has 1 aromatic carbocycles. The van der Waals surface area contributed by atoms with Gasteiger partial charge in [0, 0.05) is 28.9 Å². The first-order valence-corrected chi connectivity index (χ1v) is 8.08. The molecule has 0 aliphatic carbocycles. The molecule has 0 unspecified atom stereocenters. The Morgan fingerprint density at radius 3 is 2.32 bits per heavy atom. The van der Waals surface area contributed by atoms with Crippen LogP contribution in [0.3, 0.4) is 0 Å². The average Bonchev–Trinajstić information content (AvgIpc) is 2.80. The van der Waals surface area contributed by atoms with Crippen LogP contribution in [0.5, 0.6) is 0 Å². The molecular formula is C19H22F2N2O2. The summed E-state index contributed by atoms with van der Waals surface area (Å²) in [7, 11) is 0. The van der Waals surface area contributed by atoms with Crippen molar-refractivity contribution >= 4 is 11.6 Å². The van der Waals surface area contributed by atoms with Gasteiger partial charge in [-0.05, 0) is 46.2 Å². The van der Waals surface area contributed by atoms with Crippen LogP contribution in [-0.2, 0) is 0 Å². The van der Waals surface area contributed by atoms with E-state index in [9.17, 15) is 18.4 Å². The molecule has 4 nitrogen and oxygen atoms in total. The minimum Gasteiger partial charge on any atom is -0.355 e. The van der Waals surface area contributed by atoms with Gasteiger partial charge in [-0.15, -0.1) is 0 Å². The molecule has 1 heterocycles. The molecule has 0 bridgehead atoms. The molecule has 0 fully saturated rings. The van der Waals surface area contributed by atoms with Gasteiger partial charge < -0.3 is 10.3 Å². The number of rotatable bonds is 6. The quantitative estimate of drug-likeness (QED) is 0.775. The van der Waals surface area contributed by atoms with Gasteiger partial charge in [-0.3, -0.25) is 9.59 Å². The van der Waals surface area contributed by atoms with Crippen LogP contribution in [0.2, 0.25) is 0 Å². The molecule has 1 aromatic heterocycles. The highest BCUT2D eigenvalue weighted by atomic mass is 19.1. The Labute approximate surface area is 145 Å². The van der Waals surface area contributed by atoms with Gasteiger partial charge in [0.25, 0.3) is 0 Å². The van der Waals surface area contributed by atoms with Crippen molar-refractivity contribution in [2.45, 2.75) is 46.7 Å². The Morgan fingerprint density at radius 1 is 1.16 bits per heavy atom. The monoisotopic (exact) mass is 348 g/mol. The zero-order chi connectivity index (χ0) is 18.9. The normalized spacial score (nSPS) is 13.6. The zero-order valence-corrected chi connectivity index (χ0v) is 15.0. The molecular weight excluding hydrogens is 326 g/mol. The summed E-state index contributed by atoms with van der Waals surface area (Å²) in [5.41, 5.74) is 2.44. The predicted octanol–water partition coefficient (Wildman–Crippen LogP) is 4.03. The third-order valence-electron chi connectivity index (χ3n) is 4.36. The Morgan fingerprint density at radius 2 is 1.80 bits per heavy atom. The molecule has 2 N–H and O–H groups in total. The molecule has 0 saturated heterocycles. The van der Waals surface area contributed by atoms with Gasteiger partial charge in [-0.1, -0.05) is 6.07 Å². The molecule has 0 saturated carbocycles. The minimum absolute atomic E-state index is 0.104. The smallest absolute Gasteiger partial charge is 0.195 e. The first-order valence-electron chi connectivity index (χ1n) is 8.08. The summed E-state index contributed by atoms with van der Waals surface area (Å²) in [6.45, 7) is 8.30. The van der Waals surface area contributed by atoms with Gasteiger partial charge in [-0.25, -0.2) is 8.78 Å². The summed E-state index contributed by atoms with van der Waals surface area (Å²) in [5.74, 6) is -1.63. The van der Waals surface area contributed by atoms with Crippen LogP contribution in [0.1, 0.15) is 64.5 Å². The van der Waals surface area contributed by atoms with Crippen LogP contribution in [-0.4, -0.2) is 22.6 Å². The fourth-order valence-corrected chi connectivity index (χ4v) is 3.13. The maximum Gasteiger partial charge on any atom is 0.195 e. The summed E-state index contributed by atoms with van der Waals surface area (Å²) < 4.78 is 26.9. The van der Waals surface area contributed by atoms with Crippen molar-refractivity contribution in [1.82, 2.24) is 10.3 Å². The van der Waals surface area contributed by atoms with Crippen molar-refractivity contribution in [3.8, 4) is 0 Å². The van der Waals surface area contributed by atoms with E-state index in [4.69, 9.17) is 0 Å². The molecule has 0 spiro atoms. The fraction of sp³-hybridized carbons (Fsp3) is 0.368. The van der Waals surface area contributed by atoms with Crippen molar-refractivity contribution in [2.24, 2.45) is 0 Å². The fourth-order valence-electron chi connectivity index (χ4n) is 3.13. The van der Waals surface area contributed by atoms with E-state index in [0.29, 0.717) is 22.5 Å². The number of hydrogen-bond donors (Lipinski definition) is 2. The van der Waals surface area contributed by atoms with Crippen molar-refractivity contribution in [2.75, 3.05) is 0 Å². The van der Waals surface area contributed by atoms with Crippen molar-refractivity contribution in [3.63, 3.8) is 0 Å². The number of aromatic nitrogens is 1. The Bertz CT molecular complexity index is 827. The second kappa shape index (κ2) is 7.27. The summed E-state index contributed by atoms with van der Waals surface area (Å²) in [6, 6.07) is 2.26. The first-order chi connectivity index (χ1) is 11.6. The summed E-state index contributed by atoms with van der Waals surface area (Å²) in [6.07, 6.45) is 0. The molecule has 2 aromatic rings. The summed E-state index contributed by atoms with van der Waals surface area (Å²) in [4.78, 5) is 27.4. The first kappa shape index (κ1) is 19.0. The molecule has 25 heavy (non-hydrogen) atoms. The number of benzene rings is 1. The van der Waals surface area contributed by atoms with Gasteiger partial charge >= 0.3 is 0 Å². The topological polar surface area (TPSA) is 62.0 Å².